The number of imide groups is 1. The van der Waals surface area contributed by atoms with E-state index in [4.69, 9.17) is 4.74 Å². The van der Waals surface area contributed by atoms with Gasteiger partial charge in [0.25, 0.3) is 0 Å². The highest BCUT2D eigenvalue weighted by molar-refractivity contribution is 6.05. The molecule has 0 bridgehead atoms. The smallest absolute Gasteiger partial charge is 0.233 e. The average molecular weight is 358 g/mol. The molecule has 0 radical (unpaired) electrons. The number of likely N-dealkylation sites (tertiary alicyclic amines) is 1. The molecule has 26 heavy (non-hydrogen) atoms. The largest absolute Gasteiger partial charge is 0.496 e. The monoisotopic (exact) mass is 358 g/mol. The summed E-state index contributed by atoms with van der Waals surface area (Å²) in [6.45, 7) is 0.607. The van der Waals surface area contributed by atoms with Gasteiger partial charge in [-0.05, 0) is 18.9 Å². The molecule has 1 saturated carbocycles. The molecular formula is C20H26N2O4. The lowest BCUT2D eigenvalue weighted by atomic mass is 9.81. The fourth-order valence-corrected chi connectivity index (χ4v) is 4.03. The molecule has 2 atom stereocenters. The third kappa shape index (κ3) is 3.59. The van der Waals surface area contributed by atoms with Gasteiger partial charge in [-0.1, -0.05) is 31.0 Å². The molecule has 2 unspecified atom stereocenters. The second-order valence-electron chi connectivity index (χ2n) is 7.14. The Labute approximate surface area is 154 Å². The fourth-order valence-electron chi connectivity index (χ4n) is 4.03. The summed E-state index contributed by atoms with van der Waals surface area (Å²) in [4.78, 5) is 40.3. The molecule has 3 amide bonds. The van der Waals surface area contributed by atoms with Crippen molar-refractivity contribution in [2.45, 2.75) is 38.6 Å². The first kappa shape index (κ1) is 18.4. The van der Waals surface area contributed by atoms with Gasteiger partial charge in [-0.25, -0.2) is 0 Å². The van der Waals surface area contributed by atoms with Crippen molar-refractivity contribution in [1.82, 2.24) is 9.80 Å². The van der Waals surface area contributed by atoms with Crippen molar-refractivity contribution in [2.24, 2.45) is 11.8 Å². The van der Waals surface area contributed by atoms with Gasteiger partial charge < -0.3 is 9.64 Å². The SMILES string of the molecule is COc1ccccc1CN(C)C(=O)CCN1C(=O)C2CCCCC2C1=O. The number of rotatable bonds is 6. The Hall–Kier alpha value is -2.37. The quantitative estimate of drug-likeness (QED) is 0.732. The zero-order valence-electron chi connectivity index (χ0n) is 15.4. The van der Waals surface area contributed by atoms with E-state index in [1.165, 1.54) is 4.90 Å². The van der Waals surface area contributed by atoms with Crippen LogP contribution in [-0.2, 0) is 20.9 Å². The Balaban J connectivity index is 1.56. The summed E-state index contributed by atoms with van der Waals surface area (Å²) in [5.74, 6) is 0.169. The maximum absolute atomic E-state index is 12.5. The third-order valence-electron chi connectivity index (χ3n) is 5.51. The second-order valence-corrected chi connectivity index (χ2v) is 7.14. The number of carbonyl (C=O) groups is 3. The van der Waals surface area contributed by atoms with E-state index in [1.807, 2.05) is 24.3 Å². The number of para-hydroxylation sites is 1. The fraction of sp³-hybridized carbons (Fsp3) is 0.550. The van der Waals surface area contributed by atoms with E-state index in [0.29, 0.717) is 6.54 Å². The molecule has 1 saturated heterocycles. The number of ether oxygens (including phenoxy) is 1. The number of nitrogens with zero attached hydrogens (tertiary/aromatic N) is 2. The van der Waals surface area contributed by atoms with Gasteiger partial charge in [0.15, 0.2) is 0 Å². The van der Waals surface area contributed by atoms with E-state index in [2.05, 4.69) is 0 Å². The molecule has 0 spiro atoms. The molecule has 0 aromatic heterocycles. The minimum absolute atomic E-state index is 0.0834. The predicted octanol–water partition coefficient (Wildman–Crippen LogP) is 2.22. The Kier molecular flexibility index (Phi) is 5.59. The van der Waals surface area contributed by atoms with Crippen LogP contribution in [-0.4, -0.2) is 48.2 Å². The molecule has 1 aliphatic heterocycles. The highest BCUT2D eigenvalue weighted by Crippen LogP contribution is 2.38. The number of amides is 3. The van der Waals surface area contributed by atoms with Crippen LogP contribution in [0.5, 0.6) is 5.75 Å². The zero-order valence-corrected chi connectivity index (χ0v) is 15.4. The number of methoxy groups -OCH3 is 1. The lowest BCUT2D eigenvalue weighted by molar-refractivity contribution is -0.140. The van der Waals surface area contributed by atoms with Gasteiger partial charge in [0, 0.05) is 32.1 Å². The van der Waals surface area contributed by atoms with E-state index < -0.39 is 0 Å². The van der Waals surface area contributed by atoms with Gasteiger partial charge in [-0.3, -0.25) is 19.3 Å². The lowest BCUT2D eigenvalue weighted by Crippen LogP contribution is -2.36. The number of benzene rings is 1. The average Bonchev–Trinajstić information content (AvgIpc) is 2.91. The summed E-state index contributed by atoms with van der Waals surface area (Å²) in [5, 5.41) is 0. The van der Waals surface area contributed by atoms with Crippen LogP contribution in [0.4, 0.5) is 0 Å². The molecule has 1 heterocycles. The molecule has 6 nitrogen and oxygen atoms in total. The van der Waals surface area contributed by atoms with Crippen LogP contribution in [0.15, 0.2) is 24.3 Å². The molecule has 2 fully saturated rings. The molecule has 3 rings (SSSR count). The van der Waals surface area contributed by atoms with Crippen LogP contribution >= 0.6 is 0 Å². The topological polar surface area (TPSA) is 66.9 Å². The third-order valence-corrected chi connectivity index (χ3v) is 5.51. The van der Waals surface area contributed by atoms with E-state index in [-0.39, 0.29) is 42.5 Å². The summed E-state index contributed by atoms with van der Waals surface area (Å²) in [6, 6.07) is 7.56. The maximum atomic E-state index is 12.5. The molecule has 1 aliphatic carbocycles. The van der Waals surface area contributed by atoms with Gasteiger partial charge in [0.05, 0.1) is 18.9 Å². The summed E-state index contributed by atoms with van der Waals surface area (Å²) < 4.78 is 5.31. The van der Waals surface area contributed by atoms with E-state index >= 15 is 0 Å². The summed E-state index contributed by atoms with van der Waals surface area (Å²) in [6.07, 6.45) is 3.77. The van der Waals surface area contributed by atoms with E-state index in [9.17, 15) is 14.4 Å². The molecule has 2 aliphatic rings. The standard InChI is InChI=1S/C20H26N2O4/c1-21(13-14-7-3-6-10-17(14)26-2)18(23)11-12-22-19(24)15-8-4-5-9-16(15)20(22)25/h3,6-7,10,15-16H,4-5,8-9,11-13H2,1-2H3. The predicted molar refractivity (Wildman–Crippen MR) is 96.3 cm³/mol. The van der Waals surface area contributed by atoms with Gasteiger partial charge >= 0.3 is 0 Å². The summed E-state index contributed by atoms with van der Waals surface area (Å²) in [5.41, 5.74) is 0.921. The molecule has 0 N–H and O–H groups in total. The van der Waals surface area contributed by atoms with Gasteiger partial charge in [0.1, 0.15) is 5.75 Å². The Morgan fingerprint density at radius 2 is 1.77 bits per heavy atom. The number of hydrogen-bond acceptors (Lipinski definition) is 4. The summed E-state index contributed by atoms with van der Waals surface area (Å²) >= 11 is 0. The van der Waals surface area contributed by atoms with E-state index in [1.54, 1.807) is 19.1 Å². The van der Waals surface area contributed by atoms with Crippen molar-refractivity contribution < 1.29 is 19.1 Å². The zero-order chi connectivity index (χ0) is 18.7. The highest BCUT2D eigenvalue weighted by atomic mass is 16.5. The molecule has 1 aromatic rings. The number of hydrogen-bond donors (Lipinski definition) is 0. The van der Waals surface area contributed by atoms with Crippen LogP contribution in [0, 0.1) is 11.8 Å². The Morgan fingerprint density at radius 3 is 2.38 bits per heavy atom. The Morgan fingerprint density at radius 1 is 1.15 bits per heavy atom. The van der Waals surface area contributed by atoms with Crippen LogP contribution in [0.2, 0.25) is 0 Å². The lowest BCUT2D eigenvalue weighted by Gasteiger charge is -2.20. The second kappa shape index (κ2) is 7.89. The molecular weight excluding hydrogens is 332 g/mol. The molecule has 6 heteroatoms. The van der Waals surface area contributed by atoms with Crippen LogP contribution < -0.4 is 4.74 Å². The van der Waals surface area contributed by atoms with Gasteiger partial charge in [0.2, 0.25) is 17.7 Å². The maximum Gasteiger partial charge on any atom is 0.233 e. The van der Waals surface area contributed by atoms with Crippen molar-refractivity contribution >= 4 is 17.7 Å². The van der Waals surface area contributed by atoms with E-state index in [0.717, 1.165) is 37.0 Å². The Bertz CT molecular complexity index is 679. The molecule has 1 aromatic carbocycles. The van der Waals surface area contributed by atoms with Crippen molar-refractivity contribution in [2.75, 3.05) is 20.7 Å². The minimum Gasteiger partial charge on any atom is -0.496 e. The number of carbonyl (C=O) groups excluding carboxylic acids is 3. The first-order valence-electron chi connectivity index (χ1n) is 9.24. The van der Waals surface area contributed by atoms with Crippen molar-refractivity contribution in [3.8, 4) is 5.75 Å². The van der Waals surface area contributed by atoms with Crippen LogP contribution in [0.3, 0.4) is 0 Å². The van der Waals surface area contributed by atoms with Crippen molar-refractivity contribution in [3.63, 3.8) is 0 Å². The first-order valence-corrected chi connectivity index (χ1v) is 9.24. The van der Waals surface area contributed by atoms with Crippen molar-refractivity contribution in [3.05, 3.63) is 29.8 Å². The minimum atomic E-state index is -0.155. The van der Waals surface area contributed by atoms with Crippen LogP contribution in [0.25, 0.3) is 0 Å². The van der Waals surface area contributed by atoms with Gasteiger partial charge in [-0.15, -0.1) is 0 Å². The van der Waals surface area contributed by atoms with Gasteiger partial charge in [-0.2, -0.15) is 0 Å². The normalized spacial score (nSPS) is 22.3. The number of fused-ring (bicyclic) bond motifs is 1. The van der Waals surface area contributed by atoms with Crippen molar-refractivity contribution in [1.29, 1.82) is 0 Å². The molecule has 140 valence electrons. The van der Waals surface area contributed by atoms with Crippen LogP contribution in [0.1, 0.15) is 37.7 Å². The first-order chi connectivity index (χ1) is 12.5. The summed E-state index contributed by atoms with van der Waals surface area (Å²) in [7, 11) is 3.33. The highest BCUT2D eigenvalue weighted by Gasteiger charge is 2.47.